The van der Waals surface area contributed by atoms with Crippen LogP contribution in [-0.2, 0) is 37.5 Å². The zero-order valence-corrected chi connectivity index (χ0v) is 11.1. The predicted molar refractivity (Wildman–Crippen MR) is 54.3 cm³/mol. The van der Waals surface area contributed by atoms with Crippen LogP contribution >= 0.6 is 0 Å². The van der Waals surface area contributed by atoms with E-state index in [0.29, 0.717) is 17.7 Å². The van der Waals surface area contributed by atoms with E-state index in [-0.39, 0.29) is 44.9 Å². The molecule has 1 aliphatic heterocycles. The van der Waals surface area contributed by atoms with E-state index in [1.165, 1.54) is 0 Å². The zero-order chi connectivity index (χ0) is 10.6. The van der Waals surface area contributed by atoms with Crippen molar-refractivity contribution >= 4 is 12.5 Å². The van der Waals surface area contributed by atoms with Crippen molar-refractivity contribution in [3.05, 3.63) is 42.2 Å². The Morgan fingerprint density at radius 3 is 2.87 bits per heavy atom. The number of nitrogens with zero attached hydrogens (tertiary/aromatic N) is 1. The maximum atomic E-state index is 10.0. The van der Waals surface area contributed by atoms with Gasteiger partial charge in [0, 0.05) is 5.76 Å². The van der Waals surface area contributed by atoms with Gasteiger partial charge in [0.25, 0.3) is 0 Å². The first-order valence-corrected chi connectivity index (χ1v) is 4.09. The van der Waals surface area contributed by atoms with E-state index in [4.69, 9.17) is 0 Å². The van der Waals surface area contributed by atoms with Crippen LogP contribution in [0.3, 0.4) is 0 Å². The largest absolute Gasteiger partial charge is 3.00 e. The summed E-state index contributed by atoms with van der Waals surface area (Å²) >= 11 is 0. The Hall–Kier alpha value is -0.666. The Morgan fingerprint density at radius 1 is 1.73 bits per heavy atom. The second-order valence-corrected chi connectivity index (χ2v) is 2.87. The van der Waals surface area contributed by atoms with E-state index in [9.17, 15) is 9.90 Å². The predicted octanol–water partition coefficient (Wildman–Crippen LogP) is 1.85. The van der Waals surface area contributed by atoms with Gasteiger partial charge in [-0.25, -0.2) is 6.92 Å². The molecule has 1 aliphatic rings. The summed E-state index contributed by atoms with van der Waals surface area (Å²) < 4.78 is 0. The monoisotopic (exact) mass is 277 g/mol. The maximum Gasteiger partial charge on any atom is 3.00 e. The fraction of sp³-hybridized carbons (Fsp3) is 0.182. The second kappa shape index (κ2) is 6.75. The van der Waals surface area contributed by atoms with Gasteiger partial charge in [-0.3, -0.25) is 6.29 Å². The molecule has 0 aromatic carbocycles. The van der Waals surface area contributed by atoms with Crippen molar-refractivity contribution in [3.8, 4) is 0 Å². The number of aliphatic hydroxyl groups excluding tert-OH is 1. The van der Waals surface area contributed by atoms with Crippen LogP contribution < -0.4 is 0 Å². The summed E-state index contributed by atoms with van der Waals surface area (Å²) in [7, 11) is 0. The first kappa shape index (κ1) is 14.3. The van der Waals surface area contributed by atoms with E-state index in [0.717, 1.165) is 5.57 Å². The third-order valence-corrected chi connectivity index (χ3v) is 1.70. The Balaban J connectivity index is 0.00000196. The molecule has 0 amide bonds. The molecule has 0 fully saturated rings. The molecule has 0 unspecified atom stereocenters. The quantitative estimate of drug-likeness (QED) is 0.484. The summed E-state index contributed by atoms with van der Waals surface area (Å²) in [6, 6.07) is 0. The SMILES string of the molecule is C=C([C-]=C(O)C1=C([CH2-])CC=N1)C[C-]=O.[Y+3]. The standard InChI is InChI=1S/C11H10NO2.Y/c1-8(4-6-13)7-10(14)11-9(2)3-5-12-11;/h5,14H,1-4H2;/q-3;+3. The van der Waals surface area contributed by atoms with Gasteiger partial charge in [0.1, 0.15) is 0 Å². The number of hydrogen-bond acceptors (Lipinski definition) is 3. The Labute approximate surface area is 115 Å². The Morgan fingerprint density at radius 2 is 2.40 bits per heavy atom. The molecule has 15 heavy (non-hydrogen) atoms. The van der Waals surface area contributed by atoms with Crippen LogP contribution in [0.1, 0.15) is 12.8 Å². The normalized spacial score (nSPS) is 15.1. The molecule has 0 aliphatic carbocycles. The van der Waals surface area contributed by atoms with Crippen LogP contribution in [0, 0.1) is 13.0 Å². The van der Waals surface area contributed by atoms with Crippen LogP contribution in [0.5, 0.6) is 0 Å². The van der Waals surface area contributed by atoms with Crippen molar-refractivity contribution < 1.29 is 42.6 Å². The molecule has 4 heteroatoms. The first-order chi connectivity index (χ1) is 6.65. The summed E-state index contributed by atoms with van der Waals surface area (Å²) in [4.78, 5) is 13.9. The van der Waals surface area contributed by atoms with Crippen molar-refractivity contribution in [2.75, 3.05) is 0 Å². The first-order valence-electron chi connectivity index (χ1n) is 4.09. The van der Waals surface area contributed by atoms with Gasteiger partial charge in [0.15, 0.2) is 0 Å². The van der Waals surface area contributed by atoms with E-state index < -0.39 is 0 Å². The van der Waals surface area contributed by atoms with Gasteiger partial charge in [0.05, 0.1) is 0 Å². The van der Waals surface area contributed by atoms with Gasteiger partial charge < -0.3 is 14.9 Å². The van der Waals surface area contributed by atoms with E-state index in [1.807, 2.05) is 0 Å². The fourth-order valence-electron chi connectivity index (χ4n) is 1.02. The molecule has 0 aromatic rings. The summed E-state index contributed by atoms with van der Waals surface area (Å²) in [5.74, 6) is -0.121. The van der Waals surface area contributed by atoms with E-state index >= 15 is 0 Å². The molecule has 0 atom stereocenters. The summed E-state index contributed by atoms with van der Waals surface area (Å²) in [6.07, 6.45) is 6.55. The average Bonchev–Trinajstić information content (AvgIpc) is 2.51. The fourth-order valence-corrected chi connectivity index (χ4v) is 1.02. The van der Waals surface area contributed by atoms with Crippen LogP contribution in [0.4, 0.5) is 0 Å². The molecule has 1 heterocycles. The Bertz CT molecular complexity index is 354. The molecule has 0 bridgehead atoms. The molecule has 1 N–H and O–H groups in total. The van der Waals surface area contributed by atoms with Crippen molar-refractivity contribution in [2.24, 2.45) is 4.99 Å². The molecular formula is C11H10NO2Y. The molecule has 74 valence electrons. The number of hydrogen-bond donors (Lipinski definition) is 1. The Kier molecular flexibility index (Phi) is 6.45. The number of rotatable bonds is 4. The number of allylic oxidation sites excluding steroid dienone is 3. The molecule has 0 aromatic heterocycles. The molecule has 1 rings (SSSR count). The van der Waals surface area contributed by atoms with Gasteiger partial charge in [-0.2, -0.15) is 24.1 Å². The van der Waals surface area contributed by atoms with Gasteiger partial charge in [-0.1, -0.05) is 5.70 Å². The van der Waals surface area contributed by atoms with Crippen molar-refractivity contribution in [1.82, 2.24) is 0 Å². The van der Waals surface area contributed by atoms with Gasteiger partial charge >= 0.3 is 32.7 Å². The van der Waals surface area contributed by atoms with Gasteiger partial charge in [0.2, 0.25) is 0 Å². The number of aliphatic hydroxyl groups is 1. The third-order valence-electron chi connectivity index (χ3n) is 1.70. The molecule has 0 saturated heterocycles. The number of carbonyl (C=O) groups excluding carboxylic acids is 1. The van der Waals surface area contributed by atoms with Crippen LogP contribution in [-0.4, -0.2) is 17.6 Å². The summed E-state index contributed by atoms with van der Waals surface area (Å²) in [5, 5.41) is 9.52. The molecule has 0 saturated carbocycles. The van der Waals surface area contributed by atoms with E-state index in [2.05, 4.69) is 24.6 Å². The second-order valence-electron chi connectivity index (χ2n) is 2.87. The summed E-state index contributed by atoms with van der Waals surface area (Å²) in [5.41, 5.74) is 1.52. The van der Waals surface area contributed by atoms with Crippen LogP contribution in [0.25, 0.3) is 0 Å². The van der Waals surface area contributed by atoms with Crippen molar-refractivity contribution in [3.63, 3.8) is 0 Å². The van der Waals surface area contributed by atoms with Gasteiger partial charge in [-0.05, 0) is 12.6 Å². The molecular weight excluding hydrogens is 267 g/mol. The van der Waals surface area contributed by atoms with Crippen LogP contribution in [0.2, 0.25) is 0 Å². The molecule has 0 radical (unpaired) electrons. The smallest absolute Gasteiger partial charge is 0.542 e. The summed E-state index contributed by atoms with van der Waals surface area (Å²) in [6.45, 7) is 7.25. The van der Waals surface area contributed by atoms with Gasteiger partial charge in [-0.15, -0.1) is 6.08 Å². The molecule has 0 spiro atoms. The van der Waals surface area contributed by atoms with Crippen molar-refractivity contribution in [1.29, 1.82) is 0 Å². The maximum absolute atomic E-state index is 10.0. The molecule has 3 nitrogen and oxygen atoms in total. The van der Waals surface area contributed by atoms with E-state index in [1.54, 1.807) is 12.5 Å². The minimum absolute atomic E-state index is 0. The average molecular weight is 277 g/mol. The topological polar surface area (TPSA) is 49.7 Å². The van der Waals surface area contributed by atoms with Crippen molar-refractivity contribution in [2.45, 2.75) is 12.8 Å². The minimum Gasteiger partial charge on any atom is -0.542 e. The minimum atomic E-state index is -0.121. The van der Waals surface area contributed by atoms with Crippen LogP contribution in [0.15, 0.2) is 34.2 Å². The third kappa shape index (κ3) is 4.14. The number of aliphatic imine (C=N–C) groups is 1. The zero-order valence-electron chi connectivity index (χ0n) is 8.29.